The van der Waals surface area contributed by atoms with E-state index in [9.17, 15) is 18.8 Å². The van der Waals surface area contributed by atoms with Crippen LogP contribution in [-0.4, -0.2) is 24.3 Å². The third kappa shape index (κ3) is 4.97. The Hall–Kier alpha value is -3.80. The summed E-state index contributed by atoms with van der Waals surface area (Å²) in [5.41, 5.74) is 2.90. The molecule has 0 unspecified atom stereocenters. The molecule has 0 saturated heterocycles. The van der Waals surface area contributed by atoms with Gasteiger partial charge in [0, 0.05) is 16.8 Å². The van der Waals surface area contributed by atoms with Crippen LogP contribution in [0, 0.1) is 19.7 Å². The molecule has 6 heteroatoms. The van der Waals surface area contributed by atoms with Crippen LogP contribution in [-0.2, 0) is 9.53 Å². The van der Waals surface area contributed by atoms with Gasteiger partial charge in [-0.3, -0.25) is 9.59 Å². The monoisotopic (exact) mass is 405 g/mol. The van der Waals surface area contributed by atoms with Gasteiger partial charge in [-0.25, -0.2) is 9.18 Å². The first kappa shape index (κ1) is 20.9. The first-order valence-corrected chi connectivity index (χ1v) is 9.28. The predicted molar refractivity (Wildman–Crippen MR) is 111 cm³/mol. The summed E-state index contributed by atoms with van der Waals surface area (Å²) in [5.74, 6) is -2.07. The molecule has 0 heterocycles. The summed E-state index contributed by atoms with van der Waals surface area (Å²) < 4.78 is 18.0. The number of hydrogen-bond donors (Lipinski definition) is 1. The van der Waals surface area contributed by atoms with Gasteiger partial charge in [0.1, 0.15) is 5.82 Å². The maximum atomic E-state index is 13.0. The Labute approximate surface area is 173 Å². The summed E-state index contributed by atoms with van der Waals surface area (Å²) in [4.78, 5) is 37.6. The first-order valence-electron chi connectivity index (χ1n) is 9.28. The second-order valence-corrected chi connectivity index (χ2v) is 6.82. The molecule has 0 aliphatic heterocycles. The van der Waals surface area contributed by atoms with Gasteiger partial charge in [-0.15, -0.1) is 0 Å². The van der Waals surface area contributed by atoms with Crippen LogP contribution >= 0.6 is 0 Å². The number of anilines is 1. The largest absolute Gasteiger partial charge is 0.452 e. The van der Waals surface area contributed by atoms with E-state index in [0.717, 1.165) is 11.1 Å². The van der Waals surface area contributed by atoms with E-state index in [2.05, 4.69) is 5.32 Å². The van der Waals surface area contributed by atoms with Crippen molar-refractivity contribution in [2.24, 2.45) is 0 Å². The van der Waals surface area contributed by atoms with Crippen molar-refractivity contribution >= 4 is 23.3 Å². The van der Waals surface area contributed by atoms with Crippen LogP contribution in [0.2, 0.25) is 0 Å². The van der Waals surface area contributed by atoms with Gasteiger partial charge in [-0.2, -0.15) is 0 Å². The number of esters is 1. The number of benzene rings is 3. The molecule has 0 spiro atoms. The number of ketones is 1. The molecule has 5 nitrogen and oxygen atoms in total. The summed E-state index contributed by atoms with van der Waals surface area (Å²) in [6.07, 6.45) is 0. The predicted octanol–water partition coefficient (Wildman–Crippen LogP) is 4.47. The molecule has 0 aliphatic carbocycles. The number of hydrogen-bond acceptors (Lipinski definition) is 4. The van der Waals surface area contributed by atoms with Crippen LogP contribution < -0.4 is 5.32 Å². The highest BCUT2D eigenvalue weighted by molar-refractivity contribution is 6.15. The summed E-state index contributed by atoms with van der Waals surface area (Å²) >= 11 is 0. The topological polar surface area (TPSA) is 72.5 Å². The van der Waals surface area contributed by atoms with Crippen molar-refractivity contribution in [1.29, 1.82) is 0 Å². The smallest absolute Gasteiger partial charge is 0.339 e. The Morgan fingerprint density at radius 2 is 1.53 bits per heavy atom. The molecule has 0 atom stereocenters. The fraction of sp³-hybridized carbons (Fsp3) is 0.125. The van der Waals surface area contributed by atoms with Crippen molar-refractivity contribution in [2.75, 3.05) is 11.9 Å². The van der Waals surface area contributed by atoms with E-state index < -0.39 is 24.3 Å². The molecule has 1 amide bonds. The van der Waals surface area contributed by atoms with Crippen molar-refractivity contribution in [3.63, 3.8) is 0 Å². The van der Waals surface area contributed by atoms with Crippen molar-refractivity contribution in [3.05, 3.63) is 100 Å². The Morgan fingerprint density at radius 1 is 0.867 bits per heavy atom. The van der Waals surface area contributed by atoms with Crippen LogP contribution in [0.3, 0.4) is 0 Å². The van der Waals surface area contributed by atoms with Gasteiger partial charge in [-0.1, -0.05) is 35.9 Å². The van der Waals surface area contributed by atoms with E-state index in [1.165, 1.54) is 30.3 Å². The molecule has 3 aromatic carbocycles. The van der Waals surface area contributed by atoms with Gasteiger partial charge in [0.15, 0.2) is 12.4 Å². The molecule has 3 rings (SSSR count). The van der Waals surface area contributed by atoms with Crippen LogP contribution in [0.25, 0.3) is 0 Å². The average molecular weight is 405 g/mol. The Bertz CT molecular complexity index is 1110. The molecule has 0 radical (unpaired) electrons. The van der Waals surface area contributed by atoms with Gasteiger partial charge in [0.2, 0.25) is 0 Å². The number of halogens is 1. The molecule has 0 aliphatic rings. The first-order chi connectivity index (χ1) is 14.3. The zero-order valence-electron chi connectivity index (χ0n) is 16.6. The third-order valence-corrected chi connectivity index (χ3v) is 4.49. The summed E-state index contributed by atoms with van der Waals surface area (Å²) in [6.45, 7) is 3.17. The molecular formula is C24H20FNO4. The second kappa shape index (κ2) is 9.13. The van der Waals surface area contributed by atoms with Crippen molar-refractivity contribution in [1.82, 2.24) is 0 Å². The van der Waals surface area contributed by atoms with Gasteiger partial charge >= 0.3 is 5.97 Å². The quantitative estimate of drug-likeness (QED) is 0.485. The van der Waals surface area contributed by atoms with Crippen LogP contribution in [0.5, 0.6) is 0 Å². The average Bonchev–Trinajstić information content (AvgIpc) is 2.75. The van der Waals surface area contributed by atoms with E-state index in [-0.39, 0.29) is 16.9 Å². The fourth-order valence-electron chi connectivity index (χ4n) is 2.92. The zero-order chi connectivity index (χ0) is 21.7. The molecule has 0 aromatic heterocycles. The number of carbonyl (C=O) groups is 3. The molecule has 0 bridgehead atoms. The Kier molecular flexibility index (Phi) is 6.37. The Morgan fingerprint density at radius 3 is 2.23 bits per heavy atom. The molecule has 0 saturated carbocycles. The van der Waals surface area contributed by atoms with Crippen LogP contribution in [0.4, 0.5) is 10.1 Å². The zero-order valence-corrected chi connectivity index (χ0v) is 16.6. The van der Waals surface area contributed by atoms with E-state index in [4.69, 9.17) is 4.74 Å². The normalized spacial score (nSPS) is 10.4. The van der Waals surface area contributed by atoms with Gasteiger partial charge < -0.3 is 10.1 Å². The minimum Gasteiger partial charge on any atom is -0.452 e. The van der Waals surface area contributed by atoms with Crippen molar-refractivity contribution < 1.29 is 23.5 Å². The van der Waals surface area contributed by atoms with Crippen LogP contribution in [0.15, 0.2) is 66.7 Å². The number of ether oxygens (including phenoxy) is 1. The van der Waals surface area contributed by atoms with E-state index in [1.807, 2.05) is 26.0 Å². The number of amides is 1. The number of aryl methyl sites for hydroxylation is 2. The lowest BCUT2D eigenvalue weighted by molar-refractivity contribution is -0.119. The van der Waals surface area contributed by atoms with Crippen LogP contribution in [0.1, 0.15) is 37.4 Å². The van der Waals surface area contributed by atoms with E-state index in [1.54, 1.807) is 24.3 Å². The minimum absolute atomic E-state index is 0.0815. The maximum absolute atomic E-state index is 13.0. The lowest BCUT2D eigenvalue weighted by atomic mass is 9.94. The number of rotatable bonds is 6. The highest BCUT2D eigenvalue weighted by atomic mass is 19.1. The standard InChI is InChI=1S/C24H20FNO4/c1-15-7-8-16(2)21(13-15)23(28)19-5-3-4-6-20(19)24(29)30-14-22(27)26-18-11-9-17(25)10-12-18/h3-13H,14H2,1-2H3,(H,26,27). The highest BCUT2D eigenvalue weighted by Crippen LogP contribution is 2.19. The Balaban J connectivity index is 1.72. The molecule has 30 heavy (non-hydrogen) atoms. The molecule has 3 aromatic rings. The lowest BCUT2D eigenvalue weighted by Crippen LogP contribution is -2.22. The maximum Gasteiger partial charge on any atom is 0.339 e. The molecule has 0 fully saturated rings. The summed E-state index contributed by atoms with van der Waals surface area (Å²) in [7, 11) is 0. The van der Waals surface area contributed by atoms with E-state index >= 15 is 0 Å². The molecular weight excluding hydrogens is 385 g/mol. The molecule has 152 valence electrons. The second-order valence-electron chi connectivity index (χ2n) is 6.82. The SMILES string of the molecule is Cc1ccc(C)c(C(=O)c2ccccc2C(=O)OCC(=O)Nc2ccc(F)cc2)c1. The number of carbonyl (C=O) groups excluding carboxylic acids is 3. The molecule has 1 N–H and O–H groups in total. The van der Waals surface area contributed by atoms with Gasteiger partial charge in [0.25, 0.3) is 5.91 Å². The number of nitrogens with one attached hydrogen (secondary N) is 1. The summed E-state index contributed by atoms with van der Waals surface area (Å²) in [6, 6.07) is 17.1. The van der Waals surface area contributed by atoms with Gasteiger partial charge in [-0.05, 0) is 55.8 Å². The lowest BCUT2D eigenvalue weighted by Gasteiger charge is -2.11. The highest BCUT2D eigenvalue weighted by Gasteiger charge is 2.21. The summed E-state index contributed by atoms with van der Waals surface area (Å²) in [5, 5.41) is 2.50. The fourth-order valence-corrected chi connectivity index (χ4v) is 2.92. The van der Waals surface area contributed by atoms with Gasteiger partial charge in [0.05, 0.1) is 5.56 Å². The van der Waals surface area contributed by atoms with Crippen molar-refractivity contribution in [3.8, 4) is 0 Å². The van der Waals surface area contributed by atoms with E-state index in [0.29, 0.717) is 11.3 Å². The third-order valence-electron chi connectivity index (χ3n) is 4.49. The minimum atomic E-state index is -0.779. The van der Waals surface area contributed by atoms with Crippen molar-refractivity contribution in [2.45, 2.75) is 13.8 Å².